The lowest BCUT2D eigenvalue weighted by molar-refractivity contribution is 0.354. The highest BCUT2D eigenvalue weighted by molar-refractivity contribution is 5.42. The number of aromatic amines is 1. The Kier molecular flexibility index (Phi) is 5.20. The second kappa shape index (κ2) is 7.11. The molecule has 0 saturated carbocycles. The number of methoxy groups -OCH3 is 2. The van der Waals surface area contributed by atoms with Crippen LogP contribution in [0.15, 0.2) is 18.2 Å². The molecule has 0 saturated heterocycles. The number of nitrogens with zero attached hydrogens (tertiary/aromatic N) is 2. The van der Waals surface area contributed by atoms with Crippen molar-refractivity contribution >= 4 is 0 Å². The number of rotatable bonds is 7. The summed E-state index contributed by atoms with van der Waals surface area (Å²) in [5.74, 6) is 3.91. The quantitative estimate of drug-likeness (QED) is 0.851. The maximum atomic E-state index is 5.31. The zero-order valence-electron chi connectivity index (χ0n) is 13.1. The minimum Gasteiger partial charge on any atom is -0.493 e. The molecule has 5 heteroatoms. The van der Waals surface area contributed by atoms with Crippen LogP contribution in [0.5, 0.6) is 11.5 Å². The smallest absolute Gasteiger partial charge is 0.160 e. The zero-order chi connectivity index (χ0) is 15.2. The average Bonchev–Trinajstić information content (AvgIpc) is 2.91. The van der Waals surface area contributed by atoms with Crippen LogP contribution in [0.4, 0.5) is 0 Å². The molecule has 0 amide bonds. The zero-order valence-corrected chi connectivity index (χ0v) is 13.1. The number of aromatic nitrogens is 3. The molecule has 0 aliphatic heterocycles. The van der Waals surface area contributed by atoms with Gasteiger partial charge in [0.25, 0.3) is 0 Å². The Morgan fingerprint density at radius 1 is 1.10 bits per heavy atom. The van der Waals surface area contributed by atoms with Crippen molar-refractivity contribution in [2.75, 3.05) is 14.2 Å². The summed E-state index contributed by atoms with van der Waals surface area (Å²) in [6.45, 7) is 4.34. The lowest BCUT2D eigenvalue weighted by Gasteiger charge is -2.08. The highest BCUT2D eigenvalue weighted by Crippen LogP contribution is 2.27. The molecule has 1 aromatic heterocycles. The third-order valence-electron chi connectivity index (χ3n) is 3.26. The lowest BCUT2D eigenvalue weighted by Crippen LogP contribution is -1.98. The third-order valence-corrected chi connectivity index (χ3v) is 3.26. The minimum absolute atomic E-state index is 0.580. The number of nitrogens with one attached hydrogen (secondary N) is 1. The van der Waals surface area contributed by atoms with E-state index in [-0.39, 0.29) is 0 Å². The first kappa shape index (κ1) is 15.4. The highest BCUT2D eigenvalue weighted by atomic mass is 16.5. The molecule has 0 aliphatic carbocycles. The Labute approximate surface area is 125 Å². The standard InChI is InChI=1S/C16H23N3O2/c1-11(2)9-16-17-15(18-19-16)8-6-12-5-7-13(20-3)14(10-12)21-4/h5,7,10-11H,6,8-9H2,1-4H3,(H,17,18,19). The molecular formula is C16H23N3O2. The van der Waals surface area contributed by atoms with Crippen molar-refractivity contribution in [1.82, 2.24) is 15.2 Å². The maximum Gasteiger partial charge on any atom is 0.160 e. The molecule has 0 bridgehead atoms. The molecule has 1 N–H and O–H groups in total. The van der Waals surface area contributed by atoms with Crippen molar-refractivity contribution in [3.8, 4) is 11.5 Å². The number of benzene rings is 1. The predicted octanol–water partition coefficient (Wildman–Crippen LogP) is 2.81. The fourth-order valence-electron chi connectivity index (χ4n) is 2.22. The largest absolute Gasteiger partial charge is 0.493 e. The van der Waals surface area contributed by atoms with Gasteiger partial charge < -0.3 is 9.47 Å². The average molecular weight is 289 g/mol. The first-order chi connectivity index (χ1) is 10.1. The fraction of sp³-hybridized carbons (Fsp3) is 0.500. The van der Waals surface area contributed by atoms with E-state index in [4.69, 9.17) is 9.47 Å². The monoisotopic (exact) mass is 289 g/mol. The normalized spacial score (nSPS) is 10.9. The molecule has 5 nitrogen and oxygen atoms in total. The van der Waals surface area contributed by atoms with E-state index in [0.29, 0.717) is 5.92 Å². The maximum absolute atomic E-state index is 5.31. The molecule has 0 fully saturated rings. The van der Waals surface area contributed by atoms with E-state index in [1.165, 1.54) is 5.56 Å². The van der Waals surface area contributed by atoms with Crippen molar-refractivity contribution < 1.29 is 9.47 Å². The van der Waals surface area contributed by atoms with Crippen LogP contribution in [0.3, 0.4) is 0 Å². The molecule has 1 aromatic carbocycles. The summed E-state index contributed by atoms with van der Waals surface area (Å²) < 4.78 is 10.6. The Bertz CT molecular complexity index is 579. The molecule has 1 heterocycles. The SMILES string of the molecule is COc1ccc(CCc2n[nH]c(CC(C)C)n2)cc1OC. The van der Waals surface area contributed by atoms with Gasteiger partial charge in [-0.05, 0) is 30.0 Å². The van der Waals surface area contributed by atoms with Gasteiger partial charge in [0.05, 0.1) is 14.2 Å². The van der Waals surface area contributed by atoms with E-state index in [1.54, 1.807) is 14.2 Å². The van der Waals surface area contributed by atoms with Crippen LogP contribution in [-0.2, 0) is 19.3 Å². The van der Waals surface area contributed by atoms with Crippen molar-refractivity contribution in [2.45, 2.75) is 33.1 Å². The Morgan fingerprint density at radius 3 is 2.52 bits per heavy atom. The van der Waals surface area contributed by atoms with Crippen LogP contribution in [-0.4, -0.2) is 29.4 Å². The van der Waals surface area contributed by atoms with E-state index in [9.17, 15) is 0 Å². The Morgan fingerprint density at radius 2 is 1.86 bits per heavy atom. The van der Waals surface area contributed by atoms with E-state index in [2.05, 4.69) is 29.0 Å². The molecule has 2 aromatic rings. The number of ether oxygens (including phenoxy) is 2. The van der Waals surface area contributed by atoms with Gasteiger partial charge in [-0.15, -0.1) is 0 Å². The van der Waals surface area contributed by atoms with Gasteiger partial charge in [0.15, 0.2) is 17.3 Å². The number of aryl methyl sites for hydroxylation is 2. The van der Waals surface area contributed by atoms with Gasteiger partial charge >= 0.3 is 0 Å². The second-order valence-corrected chi connectivity index (χ2v) is 5.49. The molecule has 21 heavy (non-hydrogen) atoms. The van der Waals surface area contributed by atoms with Gasteiger partial charge in [-0.2, -0.15) is 5.10 Å². The van der Waals surface area contributed by atoms with E-state index in [0.717, 1.165) is 42.4 Å². The first-order valence-corrected chi connectivity index (χ1v) is 7.23. The molecular weight excluding hydrogens is 266 g/mol. The highest BCUT2D eigenvalue weighted by Gasteiger charge is 2.08. The van der Waals surface area contributed by atoms with Crippen LogP contribution < -0.4 is 9.47 Å². The molecule has 2 rings (SSSR count). The van der Waals surface area contributed by atoms with Gasteiger partial charge in [0.1, 0.15) is 5.82 Å². The number of hydrogen-bond donors (Lipinski definition) is 1. The van der Waals surface area contributed by atoms with Gasteiger partial charge in [0, 0.05) is 12.8 Å². The van der Waals surface area contributed by atoms with Crippen molar-refractivity contribution in [2.24, 2.45) is 5.92 Å². The Hall–Kier alpha value is -2.04. The van der Waals surface area contributed by atoms with E-state index < -0.39 is 0 Å². The molecule has 0 atom stereocenters. The van der Waals surface area contributed by atoms with Crippen molar-refractivity contribution in [3.05, 3.63) is 35.4 Å². The second-order valence-electron chi connectivity index (χ2n) is 5.49. The molecule has 0 radical (unpaired) electrons. The number of H-pyrrole nitrogens is 1. The lowest BCUT2D eigenvalue weighted by atomic mass is 10.1. The van der Waals surface area contributed by atoms with Crippen LogP contribution >= 0.6 is 0 Å². The molecule has 0 aliphatic rings. The predicted molar refractivity (Wildman–Crippen MR) is 81.9 cm³/mol. The summed E-state index contributed by atoms with van der Waals surface area (Å²) in [7, 11) is 3.29. The van der Waals surface area contributed by atoms with E-state index >= 15 is 0 Å². The molecule has 0 spiro atoms. The summed E-state index contributed by atoms with van der Waals surface area (Å²) >= 11 is 0. The summed E-state index contributed by atoms with van der Waals surface area (Å²) in [4.78, 5) is 4.52. The van der Waals surface area contributed by atoms with Gasteiger partial charge in [0.2, 0.25) is 0 Å². The summed E-state index contributed by atoms with van der Waals surface area (Å²) in [5.41, 5.74) is 1.18. The van der Waals surface area contributed by atoms with Crippen molar-refractivity contribution in [3.63, 3.8) is 0 Å². The first-order valence-electron chi connectivity index (χ1n) is 7.23. The van der Waals surface area contributed by atoms with Crippen LogP contribution in [0, 0.1) is 5.92 Å². The van der Waals surface area contributed by atoms with Crippen LogP contribution in [0.2, 0.25) is 0 Å². The molecule has 114 valence electrons. The Balaban J connectivity index is 1.98. The van der Waals surface area contributed by atoms with Crippen LogP contribution in [0.1, 0.15) is 31.1 Å². The summed E-state index contributed by atoms with van der Waals surface area (Å²) in [6.07, 6.45) is 2.62. The molecule has 0 unspecified atom stereocenters. The third kappa shape index (κ3) is 4.21. The van der Waals surface area contributed by atoms with Crippen molar-refractivity contribution in [1.29, 1.82) is 0 Å². The summed E-state index contributed by atoms with van der Waals surface area (Å²) in [5, 5.41) is 7.28. The van der Waals surface area contributed by atoms with Gasteiger partial charge in [-0.3, -0.25) is 5.10 Å². The topological polar surface area (TPSA) is 60.0 Å². The van der Waals surface area contributed by atoms with Gasteiger partial charge in [-0.1, -0.05) is 19.9 Å². The van der Waals surface area contributed by atoms with E-state index in [1.807, 2.05) is 18.2 Å². The number of hydrogen-bond acceptors (Lipinski definition) is 4. The minimum atomic E-state index is 0.580. The summed E-state index contributed by atoms with van der Waals surface area (Å²) in [6, 6.07) is 5.97. The fourth-order valence-corrected chi connectivity index (χ4v) is 2.22. The van der Waals surface area contributed by atoms with Gasteiger partial charge in [-0.25, -0.2) is 4.98 Å². The van der Waals surface area contributed by atoms with Crippen LogP contribution in [0.25, 0.3) is 0 Å².